The Morgan fingerprint density at radius 3 is 1.14 bits per heavy atom. The molecule has 50 heavy (non-hydrogen) atoms. The topological polar surface area (TPSA) is 0 Å². The molecule has 0 unspecified atom stereocenters. The predicted molar refractivity (Wildman–Crippen MR) is 202 cm³/mol. The number of aryl methyl sites for hydroxylation is 4. The standard InChI is InChI=1S/2C9H11.2C8H8.2C6H7.2ClH.2Zr/c2*1-2-5-9-7-3-6-8(9)4-1;2*1-2-8-6-4-3-5-7-8;2*1-6-4-2-3-5-6;;;;/h2*3,6-7H,1-2,4-5H2;2*3-7H,1H3;2*4-5H,2H2,1H3;2*1H;;/q2*-1;;;2*-1;;;2*+2/p-2. The average molecular weight is 858 g/mol. The molecule has 0 amide bonds. The van der Waals surface area contributed by atoms with Crippen molar-refractivity contribution < 1.29 is 73.3 Å². The normalized spacial score (nSPS) is 14.0. The van der Waals surface area contributed by atoms with Gasteiger partial charge in [-0.2, -0.15) is 58.7 Å². The Labute approximate surface area is 346 Å². The maximum absolute atomic E-state index is 3.05. The van der Waals surface area contributed by atoms with Gasteiger partial charge in [0, 0.05) is 0 Å². The van der Waals surface area contributed by atoms with Gasteiger partial charge >= 0.3 is 141 Å². The van der Waals surface area contributed by atoms with Crippen molar-refractivity contribution in [2.75, 3.05) is 0 Å². The largest absolute Gasteiger partial charge is 1.00 e. The number of halogens is 2. The molecule has 260 valence electrons. The second-order valence-corrected chi connectivity index (χ2v) is 16.2. The molecule has 4 aliphatic carbocycles. The molecule has 0 aromatic heterocycles. The van der Waals surface area contributed by atoms with E-state index in [0.717, 1.165) is 12.8 Å². The first-order valence-corrected chi connectivity index (χ1v) is 19.9. The molecule has 0 aliphatic heterocycles. The van der Waals surface area contributed by atoms with Crippen LogP contribution in [0.5, 0.6) is 0 Å². The second-order valence-electron chi connectivity index (χ2n) is 12.6. The second kappa shape index (κ2) is 27.8. The van der Waals surface area contributed by atoms with Crippen LogP contribution in [0, 0.1) is 12.2 Å². The summed E-state index contributed by atoms with van der Waals surface area (Å²) in [6, 6.07) is 34.3. The minimum Gasteiger partial charge on any atom is -1.00 e. The molecule has 0 fully saturated rings. The van der Waals surface area contributed by atoms with E-state index < -0.39 is 0 Å². The molecule has 4 aromatic rings. The van der Waals surface area contributed by atoms with Gasteiger partial charge in [-0.1, -0.05) is 51.4 Å². The van der Waals surface area contributed by atoms with E-state index in [0.29, 0.717) is 0 Å². The molecular weight excluding hydrogens is 806 g/mol. The van der Waals surface area contributed by atoms with Gasteiger partial charge in [0.25, 0.3) is 0 Å². The van der Waals surface area contributed by atoms with Crippen molar-refractivity contribution in [3.63, 3.8) is 0 Å². The summed E-state index contributed by atoms with van der Waals surface area (Å²) in [5.74, 6) is 0. The quantitative estimate of drug-likeness (QED) is 0.234. The molecule has 0 bridgehead atoms. The van der Waals surface area contributed by atoms with E-state index in [9.17, 15) is 0 Å². The fourth-order valence-electron chi connectivity index (χ4n) is 5.60. The number of benzene rings is 2. The Kier molecular flexibility index (Phi) is 25.7. The zero-order valence-electron chi connectivity index (χ0n) is 30.4. The summed E-state index contributed by atoms with van der Waals surface area (Å²) in [6.07, 6.45) is 27.4. The molecule has 0 nitrogen and oxygen atoms in total. The molecule has 0 N–H and O–H groups in total. The Balaban J connectivity index is 0.000000300. The van der Waals surface area contributed by atoms with Crippen molar-refractivity contribution in [1.82, 2.24) is 0 Å². The zero-order valence-corrected chi connectivity index (χ0v) is 36.8. The van der Waals surface area contributed by atoms with E-state index in [4.69, 9.17) is 0 Å². The van der Waals surface area contributed by atoms with Crippen LogP contribution in [-0.2, 0) is 74.2 Å². The third kappa shape index (κ3) is 19.1. The van der Waals surface area contributed by atoms with Gasteiger partial charge in [-0.25, -0.2) is 35.4 Å². The van der Waals surface area contributed by atoms with Crippen molar-refractivity contribution in [2.24, 2.45) is 0 Å². The number of hydrogen-bond donors (Lipinski definition) is 0. The van der Waals surface area contributed by atoms with Crippen molar-refractivity contribution in [1.29, 1.82) is 0 Å². The number of hydrogen-bond acceptors (Lipinski definition) is 0. The number of fused-ring (bicyclic) bond motifs is 2. The van der Waals surface area contributed by atoms with E-state index in [1.54, 1.807) is 22.3 Å². The maximum Gasteiger partial charge on any atom is -0.0512 e. The van der Waals surface area contributed by atoms with E-state index in [-0.39, 0.29) is 24.8 Å². The van der Waals surface area contributed by atoms with Crippen LogP contribution in [0.4, 0.5) is 0 Å². The molecule has 0 saturated heterocycles. The molecule has 8 rings (SSSR count). The van der Waals surface area contributed by atoms with Gasteiger partial charge in [0.05, 0.1) is 0 Å². The Morgan fingerprint density at radius 2 is 0.900 bits per heavy atom. The Bertz CT molecular complexity index is 1460. The van der Waals surface area contributed by atoms with Crippen LogP contribution in [0.3, 0.4) is 0 Å². The van der Waals surface area contributed by atoms with E-state index in [1.807, 2.05) is 24.3 Å². The van der Waals surface area contributed by atoms with E-state index >= 15 is 0 Å². The van der Waals surface area contributed by atoms with Gasteiger partial charge in [-0.3, -0.25) is 12.2 Å². The van der Waals surface area contributed by atoms with Crippen LogP contribution in [0.2, 0.25) is 0 Å². The molecular formula is C46H52Cl2Zr2-2. The summed E-state index contributed by atoms with van der Waals surface area (Å²) < 4.78 is 2.92. The summed E-state index contributed by atoms with van der Waals surface area (Å²) in [5, 5.41) is 0. The van der Waals surface area contributed by atoms with Crippen LogP contribution >= 0.6 is 0 Å². The molecule has 0 heterocycles. The molecule has 4 aliphatic rings. The average Bonchev–Trinajstić information content (AvgIpc) is 3.96. The Morgan fingerprint density at radius 1 is 0.540 bits per heavy atom. The van der Waals surface area contributed by atoms with Gasteiger partial charge in [-0.15, -0.1) is 26.7 Å². The van der Waals surface area contributed by atoms with E-state index in [1.165, 1.54) is 129 Å². The molecule has 0 spiro atoms. The van der Waals surface area contributed by atoms with Crippen LogP contribution in [0.15, 0.2) is 133 Å². The number of rotatable bonds is 2. The van der Waals surface area contributed by atoms with Crippen LogP contribution in [0.25, 0.3) is 0 Å². The first-order chi connectivity index (χ1) is 23.3. The van der Waals surface area contributed by atoms with Crippen molar-refractivity contribution >= 4 is 6.41 Å². The van der Waals surface area contributed by atoms with Gasteiger partial charge in [-0.05, 0) is 0 Å². The molecule has 0 radical (unpaired) electrons. The molecule has 0 saturated carbocycles. The number of allylic oxidation sites excluding steroid dienone is 8. The minimum absolute atomic E-state index is 0. The smallest absolute Gasteiger partial charge is 0.0512 e. The summed E-state index contributed by atoms with van der Waals surface area (Å²) >= 11 is 3.01. The Hall–Kier alpha value is -1.81. The van der Waals surface area contributed by atoms with Crippen LogP contribution in [-0.4, -0.2) is 6.41 Å². The summed E-state index contributed by atoms with van der Waals surface area (Å²) in [7, 11) is 0. The third-order valence-corrected chi connectivity index (χ3v) is 9.88. The first-order valence-electron chi connectivity index (χ1n) is 17.5. The van der Waals surface area contributed by atoms with Gasteiger partial charge < -0.3 is 24.8 Å². The van der Waals surface area contributed by atoms with Crippen molar-refractivity contribution in [2.45, 2.75) is 91.9 Å². The molecule has 4 aromatic carbocycles. The summed E-state index contributed by atoms with van der Waals surface area (Å²) in [4.78, 5) is 0. The zero-order chi connectivity index (χ0) is 34.4. The fraction of sp³-hybridized carbons (Fsp3) is 0.304. The maximum atomic E-state index is 3.05. The van der Waals surface area contributed by atoms with Gasteiger partial charge in [0.1, 0.15) is 0 Å². The first kappa shape index (κ1) is 46.2. The van der Waals surface area contributed by atoms with Crippen molar-refractivity contribution in [3.05, 3.63) is 178 Å². The SMILES string of the molecule is CC1=CC[C-]=C1.CC1=CC[C-]=C1.C[C](=[Zr+2])c1ccccc1.C[C](=[Zr+2])c1ccccc1.[Cl-].[Cl-].c1cc2c([cH-]1)CCCC2.c1cc2c([cH-]1)CCCC2. The van der Waals surface area contributed by atoms with Gasteiger partial charge in [0.15, 0.2) is 0 Å². The van der Waals surface area contributed by atoms with Crippen molar-refractivity contribution in [3.8, 4) is 0 Å². The molecule has 4 heteroatoms. The van der Waals surface area contributed by atoms with Crippen LogP contribution < -0.4 is 24.8 Å². The minimum atomic E-state index is 0. The monoisotopic (exact) mass is 854 g/mol. The molecule has 0 atom stereocenters. The predicted octanol–water partition coefficient (Wildman–Crippen LogP) is 5.52. The van der Waals surface area contributed by atoms with E-state index in [2.05, 4.69) is 137 Å². The fourth-order valence-corrected chi connectivity index (χ4v) is 6.42. The summed E-state index contributed by atoms with van der Waals surface area (Å²) in [6.45, 7) is 8.49. The van der Waals surface area contributed by atoms with Gasteiger partial charge in [0.2, 0.25) is 0 Å². The summed E-state index contributed by atoms with van der Waals surface area (Å²) in [5.41, 5.74) is 11.8. The van der Waals surface area contributed by atoms with Crippen LogP contribution in [0.1, 0.15) is 99.6 Å². The third-order valence-electron chi connectivity index (χ3n) is 8.46.